The van der Waals surface area contributed by atoms with E-state index in [1.54, 1.807) is 31.2 Å². The zero-order valence-electron chi connectivity index (χ0n) is 12.6. The van der Waals surface area contributed by atoms with E-state index in [1.807, 2.05) is 0 Å². The number of hydrogen-bond acceptors (Lipinski definition) is 3. The summed E-state index contributed by atoms with van der Waals surface area (Å²) in [5.74, 6) is -2.36. The number of rotatable bonds is 6. The number of carbonyl (C=O) groups is 3. The predicted molar refractivity (Wildman–Crippen MR) is 84.2 cm³/mol. The molecule has 2 rings (SSSR count). The number of aromatic carboxylic acids is 2. The molecule has 2 aromatic carbocycles. The van der Waals surface area contributed by atoms with Crippen LogP contribution in [0.15, 0.2) is 42.5 Å². The highest BCUT2D eigenvalue weighted by Crippen LogP contribution is 2.16. The van der Waals surface area contributed by atoms with Crippen LogP contribution in [0.5, 0.6) is 0 Å². The summed E-state index contributed by atoms with van der Waals surface area (Å²) in [7, 11) is 0. The number of carbonyl (C=O) groups excluding carboxylic acids is 1. The van der Waals surface area contributed by atoms with Crippen LogP contribution >= 0.6 is 0 Å². The molecule has 0 fully saturated rings. The Morgan fingerprint density at radius 1 is 0.870 bits per heavy atom. The van der Waals surface area contributed by atoms with E-state index in [9.17, 15) is 14.4 Å². The van der Waals surface area contributed by atoms with Crippen molar-refractivity contribution >= 4 is 17.7 Å². The number of Topliss-reactive ketones (excluding diaryl/α,β-unsaturated/α-hetero) is 1. The molecule has 0 aromatic heterocycles. The van der Waals surface area contributed by atoms with Crippen molar-refractivity contribution in [2.45, 2.75) is 19.8 Å². The van der Waals surface area contributed by atoms with Crippen LogP contribution in [0.3, 0.4) is 0 Å². The summed E-state index contributed by atoms with van der Waals surface area (Å²) >= 11 is 0. The molecule has 0 saturated heterocycles. The second-order valence-electron chi connectivity index (χ2n) is 5.23. The van der Waals surface area contributed by atoms with Crippen LogP contribution in [0.1, 0.15) is 48.6 Å². The van der Waals surface area contributed by atoms with Gasteiger partial charge in [-0.25, -0.2) is 9.59 Å². The number of hydrogen-bond donors (Lipinski definition) is 2. The Morgan fingerprint density at radius 2 is 1.48 bits per heavy atom. The molecule has 5 heteroatoms. The molecular weight excluding hydrogens is 296 g/mol. The number of carboxylic acids is 2. The second kappa shape index (κ2) is 6.87. The van der Waals surface area contributed by atoms with Crippen molar-refractivity contribution in [1.29, 1.82) is 0 Å². The van der Waals surface area contributed by atoms with E-state index < -0.39 is 11.9 Å². The topological polar surface area (TPSA) is 91.7 Å². The van der Waals surface area contributed by atoms with Crippen LogP contribution in [0, 0.1) is 6.92 Å². The Balaban J connectivity index is 2.12. The molecule has 0 amide bonds. The first kappa shape index (κ1) is 16.4. The molecule has 0 unspecified atom stereocenters. The molecule has 2 N–H and O–H groups in total. The summed E-state index contributed by atoms with van der Waals surface area (Å²) in [6, 6.07) is 11.0. The van der Waals surface area contributed by atoms with Gasteiger partial charge in [-0.15, -0.1) is 0 Å². The van der Waals surface area contributed by atoms with Gasteiger partial charge in [0, 0.05) is 12.0 Å². The third kappa shape index (κ3) is 3.83. The lowest BCUT2D eigenvalue weighted by Gasteiger charge is -2.07. The molecule has 0 radical (unpaired) electrons. The number of aryl methyl sites for hydroxylation is 2. The van der Waals surface area contributed by atoms with Gasteiger partial charge in [0.05, 0.1) is 11.1 Å². The highest BCUT2D eigenvalue weighted by molar-refractivity contribution is 6.05. The molecule has 2 aromatic rings. The number of benzene rings is 2. The van der Waals surface area contributed by atoms with Crippen LogP contribution < -0.4 is 0 Å². The summed E-state index contributed by atoms with van der Waals surface area (Å²) in [5.41, 5.74) is 1.90. The maximum absolute atomic E-state index is 12.2. The van der Waals surface area contributed by atoms with Crippen LogP contribution in [0.2, 0.25) is 0 Å². The SMILES string of the molecule is Cc1cc(CCC(=O)c2ccccc2C(=O)O)ccc1C(=O)O. The van der Waals surface area contributed by atoms with Gasteiger partial charge < -0.3 is 10.2 Å². The molecule has 0 atom stereocenters. The van der Waals surface area contributed by atoms with E-state index in [-0.39, 0.29) is 28.9 Å². The van der Waals surface area contributed by atoms with Gasteiger partial charge in [0.15, 0.2) is 5.78 Å². The molecule has 0 aliphatic rings. The maximum atomic E-state index is 12.2. The maximum Gasteiger partial charge on any atom is 0.336 e. The summed E-state index contributed by atoms with van der Waals surface area (Å²) < 4.78 is 0. The molecule has 0 heterocycles. The lowest BCUT2D eigenvalue weighted by Crippen LogP contribution is -2.09. The minimum absolute atomic E-state index is 0.00472. The van der Waals surface area contributed by atoms with Crippen LogP contribution in [-0.4, -0.2) is 27.9 Å². The fourth-order valence-electron chi connectivity index (χ4n) is 2.43. The lowest BCUT2D eigenvalue weighted by atomic mass is 9.97. The molecule has 0 saturated carbocycles. The van der Waals surface area contributed by atoms with Crippen molar-refractivity contribution in [3.8, 4) is 0 Å². The smallest absolute Gasteiger partial charge is 0.336 e. The van der Waals surface area contributed by atoms with E-state index in [2.05, 4.69) is 0 Å². The Morgan fingerprint density at radius 3 is 2.04 bits per heavy atom. The van der Waals surface area contributed by atoms with E-state index in [4.69, 9.17) is 10.2 Å². The summed E-state index contributed by atoms with van der Waals surface area (Å²) in [6.45, 7) is 1.70. The van der Waals surface area contributed by atoms with Gasteiger partial charge in [-0.1, -0.05) is 30.3 Å². The van der Waals surface area contributed by atoms with Crippen LogP contribution in [0.25, 0.3) is 0 Å². The Bertz CT molecular complexity index is 777. The zero-order chi connectivity index (χ0) is 17.0. The highest BCUT2D eigenvalue weighted by Gasteiger charge is 2.16. The van der Waals surface area contributed by atoms with Gasteiger partial charge in [-0.2, -0.15) is 0 Å². The van der Waals surface area contributed by atoms with Crippen molar-refractivity contribution in [2.75, 3.05) is 0 Å². The van der Waals surface area contributed by atoms with Gasteiger partial charge in [0.2, 0.25) is 0 Å². The van der Waals surface area contributed by atoms with Crippen molar-refractivity contribution < 1.29 is 24.6 Å². The normalized spacial score (nSPS) is 10.3. The molecule has 23 heavy (non-hydrogen) atoms. The molecule has 0 aliphatic heterocycles. The number of ketones is 1. The third-order valence-electron chi connectivity index (χ3n) is 3.62. The van der Waals surface area contributed by atoms with Gasteiger partial charge in [0.25, 0.3) is 0 Å². The largest absolute Gasteiger partial charge is 0.478 e. The van der Waals surface area contributed by atoms with Gasteiger partial charge in [-0.3, -0.25) is 4.79 Å². The summed E-state index contributed by atoms with van der Waals surface area (Å²) in [4.78, 5) is 34.4. The first-order chi connectivity index (χ1) is 10.9. The lowest BCUT2D eigenvalue weighted by molar-refractivity contribution is 0.0684. The average Bonchev–Trinajstić information content (AvgIpc) is 2.52. The zero-order valence-corrected chi connectivity index (χ0v) is 12.6. The van der Waals surface area contributed by atoms with Crippen molar-refractivity contribution in [3.63, 3.8) is 0 Å². The molecular formula is C18H16O5. The summed E-state index contributed by atoms with van der Waals surface area (Å²) in [5, 5.41) is 18.1. The second-order valence-corrected chi connectivity index (χ2v) is 5.23. The molecule has 0 spiro atoms. The Hall–Kier alpha value is -2.95. The highest BCUT2D eigenvalue weighted by atomic mass is 16.4. The van der Waals surface area contributed by atoms with Gasteiger partial charge in [-0.05, 0) is 36.6 Å². The molecule has 0 aliphatic carbocycles. The van der Waals surface area contributed by atoms with Crippen LogP contribution in [-0.2, 0) is 6.42 Å². The minimum atomic E-state index is -1.13. The Labute approximate surface area is 133 Å². The van der Waals surface area contributed by atoms with Gasteiger partial charge >= 0.3 is 11.9 Å². The summed E-state index contributed by atoms with van der Waals surface area (Å²) in [6.07, 6.45) is 0.587. The fourth-order valence-corrected chi connectivity index (χ4v) is 2.43. The quantitative estimate of drug-likeness (QED) is 0.799. The predicted octanol–water partition coefficient (Wildman–Crippen LogP) is 3.21. The van der Waals surface area contributed by atoms with E-state index in [0.717, 1.165) is 5.56 Å². The average molecular weight is 312 g/mol. The molecule has 0 bridgehead atoms. The van der Waals surface area contributed by atoms with E-state index in [1.165, 1.54) is 18.2 Å². The van der Waals surface area contributed by atoms with Gasteiger partial charge in [0.1, 0.15) is 0 Å². The van der Waals surface area contributed by atoms with E-state index >= 15 is 0 Å². The molecule has 118 valence electrons. The standard InChI is InChI=1S/C18H16O5/c1-11-10-12(6-8-13(11)17(20)21)7-9-16(19)14-4-2-3-5-15(14)18(22)23/h2-6,8,10H,7,9H2,1H3,(H,20,21)(H,22,23). The van der Waals surface area contributed by atoms with Crippen molar-refractivity contribution in [2.24, 2.45) is 0 Å². The minimum Gasteiger partial charge on any atom is -0.478 e. The van der Waals surface area contributed by atoms with E-state index in [0.29, 0.717) is 12.0 Å². The first-order valence-corrected chi connectivity index (χ1v) is 7.08. The first-order valence-electron chi connectivity index (χ1n) is 7.08. The van der Waals surface area contributed by atoms with Crippen molar-refractivity contribution in [1.82, 2.24) is 0 Å². The monoisotopic (exact) mass is 312 g/mol. The molecule has 5 nitrogen and oxygen atoms in total. The fraction of sp³-hybridized carbons (Fsp3) is 0.167. The Kier molecular flexibility index (Phi) is 4.91. The number of carboxylic acid groups (broad SMARTS) is 2. The van der Waals surface area contributed by atoms with Crippen molar-refractivity contribution in [3.05, 3.63) is 70.3 Å². The van der Waals surface area contributed by atoms with Crippen LogP contribution in [0.4, 0.5) is 0 Å². The third-order valence-corrected chi connectivity index (χ3v) is 3.62.